The topological polar surface area (TPSA) is 83.6 Å². The molecule has 7 heteroatoms. The fourth-order valence-electron chi connectivity index (χ4n) is 1.63. The first-order chi connectivity index (χ1) is 7.63. The van der Waals surface area contributed by atoms with Crippen LogP contribution in [0.1, 0.15) is 20.3 Å². The molecular formula is C10H18N2O4S. The van der Waals surface area contributed by atoms with Gasteiger partial charge in [0.05, 0.1) is 17.8 Å². The van der Waals surface area contributed by atoms with Crippen molar-refractivity contribution in [2.45, 2.75) is 25.8 Å². The molecule has 0 saturated carbocycles. The Kier molecular flexibility index (Phi) is 3.93. The number of imide groups is 1. The van der Waals surface area contributed by atoms with E-state index in [1.165, 1.54) is 0 Å². The van der Waals surface area contributed by atoms with Gasteiger partial charge in [0.15, 0.2) is 0 Å². The van der Waals surface area contributed by atoms with Gasteiger partial charge >= 0.3 is 0 Å². The molecule has 0 unspecified atom stereocenters. The molecule has 17 heavy (non-hydrogen) atoms. The Hall–Kier alpha value is -0.950. The molecule has 0 spiro atoms. The number of carbonyl (C=O) groups is 2. The SMILES string of the molecule is CC1(C)NCC(=O)N(CCCS(C)(=O)=O)C1=O. The fraction of sp³-hybridized carbons (Fsp3) is 0.800. The summed E-state index contributed by atoms with van der Waals surface area (Å²) in [5.41, 5.74) is -0.765. The number of sulfone groups is 1. The lowest BCUT2D eigenvalue weighted by molar-refractivity contribution is -0.152. The third-order valence-electron chi connectivity index (χ3n) is 2.66. The molecule has 1 aliphatic heterocycles. The average molecular weight is 262 g/mol. The average Bonchev–Trinajstić information content (AvgIpc) is 2.17. The molecule has 2 amide bonds. The first-order valence-electron chi connectivity index (χ1n) is 5.41. The quantitative estimate of drug-likeness (QED) is 0.668. The minimum absolute atomic E-state index is 0.0160. The monoisotopic (exact) mass is 262 g/mol. The lowest BCUT2D eigenvalue weighted by Crippen LogP contribution is -2.63. The predicted octanol–water partition coefficient (Wildman–Crippen LogP) is -0.842. The van der Waals surface area contributed by atoms with Crippen LogP contribution in [-0.4, -0.2) is 55.8 Å². The van der Waals surface area contributed by atoms with E-state index < -0.39 is 15.4 Å². The van der Waals surface area contributed by atoms with E-state index in [4.69, 9.17) is 0 Å². The number of rotatable bonds is 4. The van der Waals surface area contributed by atoms with Crippen molar-refractivity contribution < 1.29 is 18.0 Å². The van der Waals surface area contributed by atoms with Crippen molar-refractivity contribution in [3.63, 3.8) is 0 Å². The molecular weight excluding hydrogens is 244 g/mol. The fourth-order valence-corrected chi connectivity index (χ4v) is 2.28. The summed E-state index contributed by atoms with van der Waals surface area (Å²) in [4.78, 5) is 24.6. The van der Waals surface area contributed by atoms with Crippen LogP contribution in [0.3, 0.4) is 0 Å². The number of hydrogen-bond donors (Lipinski definition) is 1. The number of hydrogen-bond acceptors (Lipinski definition) is 5. The number of piperazine rings is 1. The molecule has 98 valence electrons. The molecule has 1 fully saturated rings. The van der Waals surface area contributed by atoms with Crippen molar-refractivity contribution in [3.8, 4) is 0 Å². The van der Waals surface area contributed by atoms with Crippen LogP contribution in [0.15, 0.2) is 0 Å². The van der Waals surface area contributed by atoms with Crippen molar-refractivity contribution >= 4 is 21.7 Å². The highest BCUT2D eigenvalue weighted by molar-refractivity contribution is 7.90. The van der Waals surface area contributed by atoms with Crippen LogP contribution in [0.5, 0.6) is 0 Å². The first-order valence-corrected chi connectivity index (χ1v) is 7.47. The minimum atomic E-state index is -3.05. The van der Waals surface area contributed by atoms with Crippen molar-refractivity contribution in [2.75, 3.05) is 25.1 Å². The molecule has 0 aromatic heterocycles. The first kappa shape index (κ1) is 14.1. The zero-order valence-corrected chi connectivity index (χ0v) is 11.1. The van der Waals surface area contributed by atoms with Crippen molar-refractivity contribution in [1.29, 1.82) is 0 Å². The molecule has 6 nitrogen and oxygen atoms in total. The lowest BCUT2D eigenvalue weighted by Gasteiger charge is -2.36. The van der Waals surface area contributed by atoms with E-state index >= 15 is 0 Å². The largest absolute Gasteiger partial charge is 0.295 e. The lowest BCUT2D eigenvalue weighted by atomic mass is 10.0. The highest BCUT2D eigenvalue weighted by atomic mass is 32.2. The molecule has 0 aromatic carbocycles. The Morgan fingerprint density at radius 2 is 1.94 bits per heavy atom. The molecule has 1 saturated heterocycles. The Morgan fingerprint density at radius 1 is 1.35 bits per heavy atom. The Bertz CT molecular complexity index is 428. The minimum Gasteiger partial charge on any atom is -0.295 e. The van der Waals surface area contributed by atoms with Crippen LogP contribution >= 0.6 is 0 Å². The smallest absolute Gasteiger partial charge is 0.248 e. The molecule has 0 atom stereocenters. The summed E-state index contributed by atoms with van der Waals surface area (Å²) in [6, 6.07) is 0. The van der Waals surface area contributed by atoms with Gasteiger partial charge in [-0.3, -0.25) is 19.8 Å². The maximum atomic E-state index is 11.9. The van der Waals surface area contributed by atoms with Gasteiger partial charge in [-0.1, -0.05) is 0 Å². The van der Waals surface area contributed by atoms with E-state index in [1.807, 2.05) is 0 Å². The number of nitrogens with zero attached hydrogens (tertiary/aromatic N) is 1. The van der Waals surface area contributed by atoms with Crippen LogP contribution in [-0.2, 0) is 19.4 Å². The maximum Gasteiger partial charge on any atom is 0.248 e. The second-order valence-electron chi connectivity index (χ2n) is 4.81. The molecule has 0 aliphatic carbocycles. The van der Waals surface area contributed by atoms with Crippen LogP contribution < -0.4 is 5.32 Å². The second kappa shape index (κ2) is 4.73. The van der Waals surface area contributed by atoms with E-state index in [1.54, 1.807) is 13.8 Å². The van der Waals surface area contributed by atoms with Crippen LogP contribution in [0, 0.1) is 0 Å². The van der Waals surface area contributed by atoms with E-state index in [-0.39, 0.29) is 37.1 Å². The normalized spacial score (nSPS) is 20.8. The molecule has 1 N–H and O–H groups in total. The molecule has 0 radical (unpaired) electrons. The highest BCUT2D eigenvalue weighted by Crippen LogP contribution is 2.13. The zero-order valence-electron chi connectivity index (χ0n) is 10.3. The van der Waals surface area contributed by atoms with Gasteiger partial charge in [0, 0.05) is 12.8 Å². The van der Waals surface area contributed by atoms with Crippen LogP contribution in [0.25, 0.3) is 0 Å². The van der Waals surface area contributed by atoms with Gasteiger partial charge in [-0.05, 0) is 20.3 Å². The number of nitrogens with one attached hydrogen (secondary N) is 1. The number of carbonyl (C=O) groups excluding carboxylic acids is 2. The van der Waals surface area contributed by atoms with E-state index in [9.17, 15) is 18.0 Å². The van der Waals surface area contributed by atoms with Crippen LogP contribution in [0.2, 0.25) is 0 Å². The second-order valence-corrected chi connectivity index (χ2v) is 7.07. The molecule has 1 heterocycles. The van der Waals surface area contributed by atoms with Crippen molar-refractivity contribution in [1.82, 2.24) is 10.2 Å². The summed E-state index contributed by atoms with van der Waals surface area (Å²) >= 11 is 0. The van der Waals surface area contributed by atoms with Gasteiger partial charge in [0.25, 0.3) is 0 Å². The summed E-state index contributed by atoms with van der Waals surface area (Å²) < 4.78 is 21.9. The summed E-state index contributed by atoms with van der Waals surface area (Å²) in [7, 11) is -3.05. The Labute approximate surface area is 101 Å². The summed E-state index contributed by atoms with van der Waals surface area (Å²) in [5.74, 6) is -0.622. The van der Waals surface area contributed by atoms with Gasteiger partial charge in [0.1, 0.15) is 9.84 Å². The van der Waals surface area contributed by atoms with E-state index in [0.717, 1.165) is 11.2 Å². The standard InChI is InChI=1S/C10H18N2O4S/c1-10(2)9(14)12(8(13)7-11-10)5-4-6-17(3,15)16/h11H,4-7H2,1-3H3. The van der Waals surface area contributed by atoms with Crippen molar-refractivity contribution in [2.24, 2.45) is 0 Å². The van der Waals surface area contributed by atoms with Gasteiger partial charge in [-0.2, -0.15) is 0 Å². The molecule has 0 bridgehead atoms. The van der Waals surface area contributed by atoms with Gasteiger partial charge in [-0.25, -0.2) is 8.42 Å². The van der Waals surface area contributed by atoms with Crippen LogP contribution in [0.4, 0.5) is 0 Å². The zero-order chi connectivity index (χ0) is 13.3. The third-order valence-corrected chi connectivity index (χ3v) is 3.69. The van der Waals surface area contributed by atoms with Gasteiger partial charge in [0.2, 0.25) is 11.8 Å². The predicted molar refractivity (Wildman–Crippen MR) is 63.1 cm³/mol. The molecule has 0 aromatic rings. The Morgan fingerprint density at radius 3 is 2.47 bits per heavy atom. The van der Waals surface area contributed by atoms with E-state index in [2.05, 4.69) is 5.32 Å². The highest BCUT2D eigenvalue weighted by Gasteiger charge is 2.39. The van der Waals surface area contributed by atoms with Crippen molar-refractivity contribution in [3.05, 3.63) is 0 Å². The maximum absolute atomic E-state index is 11.9. The Balaban J connectivity index is 2.62. The molecule has 1 aliphatic rings. The third kappa shape index (κ3) is 3.78. The van der Waals surface area contributed by atoms with Gasteiger partial charge < -0.3 is 0 Å². The van der Waals surface area contributed by atoms with Gasteiger partial charge in [-0.15, -0.1) is 0 Å². The summed E-state index contributed by atoms with van der Waals surface area (Å²) in [6.07, 6.45) is 1.42. The summed E-state index contributed by atoms with van der Waals surface area (Å²) in [6.45, 7) is 3.67. The summed E-state index contributed by atoms with van der Waals surface area (Å²) in [5, 5.41) is 2.84. The van der Waals surface area contributed by atoms with E-state index in [0.29, 0.717) is 0 Å². The number of amides is 2. The molecule has 1 rings (SSSR count).